The molecule has 0 spiro atoms. The highest BCUT2D eigenvalue weighted by molar-refractivity contribution is 7.10. The van der Waals surface area contributed by atoms with E-state index in [0.29, 0.717) is 6.54 Å². The van der Waals surface area contributed by atoms with Crippen molar-refractivity contribution in [3.8, 4) is 0 Å². The Hall–Kier alpha value is -1.52. The Morgan fingerprint density at radius 1 is 1.20 bits per heavy atom. The molecular weight excluding hydrogens is 292 g/mol. The first-order valence-electron chi connectivity index (χ1n) is 6.41. The van der Waals surface area contributed by atoms with Gasteiger partial charge in [0, 0.05) is 10.6 Å². The van der Waals surface area contributed by atoms with Crippen LogP contribution in [-0.2, 0) is 4.79 Å². The quantitative estimate of drug-likeness (QED) is 0.851. The first kappa shape index (κ1) is 16.5. The third-order valence-electron chi connectivity index (χ3n) is 2.86. The van der Waals surface area contributed by atoms with Gasteiger partial charge in [-0.15, -0.1) is 23.7 Å². The van der Waals surface area contributed by atoms with Crippen molar-refractivity contribution < 1.29 is 4.79 Å². The van der Waals surface area contributed by atoms with Crippen LogP contribution in [0.2, 0.25) is 0 Å². The molecule has 0 saturated heterocycles. The average molecular weight is 311 g/mol. The zero-order valence-electron chi connectivity index (χ0n) is 11.3. The van der Waals surface area contributed by atoms with Crippen LogP contribution in [0.4, 0.5) is 5.69 Å². The maximum atomic E-state index is 11.9. The van der Waals surface area contributed by atoms with Gasteiger partial charge in [-0.25, -0.2) is 0 Å². The number of carbonyl (C=O) groups excluding carboxylic acids is 1. The Balaban J connectivity index is 0.00000200. The molecule has 1 unspecified atom stereocenters. The van der Waals surface area contributed by atoms with Gasteiger partial charge in [-0.3, -0.25) is 4.79 Å². The maximum Gasteiger partial charge on any atom is 0.239 e. The molecule has 0 aliphatic rings. The second-order valence-electron chi connectivity index (χ2n) is 4.26. The highest BCUT2D eigenvalue weighted by atomic mass is 35.5. The minimum Gasteiger partial charge on any atom is -0.376 e. The molecule has 2 rings (SSSR count). The predicted molar refractivity (Wildman–Crippen MR) is 87.7 cm³/mol. The fourth-order valence-electron chi connectivity index (χ4n) is 1.85. The Labute approximate surface area is 129 Å². The van der Waals surface area contributed by atoms with E-state index in [1.165, 1.54) is 4.88 Å². The van der Waals surface area contributed by atoms with Crippen molar-refractivity contribution in [2.75, 3.05) is 11.9 Å². The Morgan fingerprint density at radius 2 is 1.95 bits per heavy atom. The van der Waals surface area contributed by atoms with Crippen LogP contribution in [-0.4, -0.2) is 12.5 Å². The summed E-state index contributed by atoms with van der Waals surface area (Å²) in [6.07, 6.45) is 0.900. The van der Waals surface area contributed by atoms with Crippen LogP contribution >= 0.6 is 23.7 Å². The van der Waals surface area contributed by atoms with Crippen molar-refractivity contribution in [3.63, 3.8) is 0 Å². The van der Waals surface area contributed by atoms with E-state index in [4.69, 9.17) is 0 Å². The van der Waals surface area contributed by atoms with Gasteiger partial charge in [0.2, 0.25) is 5.91 Å². The number of hydrogen-bond acceptors (Lipinski definition) is 3. The number of carbonyl (C=O) groups is 1. The van der Waals surface area contributed by atoms with Gasteiger partial charge in [0.25, 0.3) is 0 Å². The lowest BCUT2D eigenvalue weighted by Gasteiger charge is -2.16. The number of halogens is 1. The van der Waals surface area contributed by atoms with Gasteiger partial charge in [-0.2, -0.15) is 0 Å². The summed E-state index contributed by atoms with van der Waals surface area (Å²) in [4.78, 5) is 13.1. The molecule has 0 bridgehead atoms. The number of anilines is 1. The van der Waals surface area contributed by atoms with Crippen molar-refractivity contribution in [3.05, 3.63) is 52.7 Å². The fourth-order valence-corrected chi connectivity index (χ4v) is 2.71. The first-order valence-corrected chi connectivity index (χ1v) is 7.29. The minimum atomic E-state index is 0. The van der Waals surface area contributed by atoms with E-state index in [2.05, 4.69) is 23.6 Å². The Morgan fingerprint density at radius 3 is 2.55 bits per heavy atom. The number of thiophene rings is 1. The van der Waals surface area contributed by atoms with Crippen LogP contribution in [0.25, 0.3) is 0 Å². The molecular formula is C15H19ClN2OS. The molecule has 0 aliphatic carbocycles. The van der Waals surface area contributed by atoms with E-state index in [0.717, 1.165) is 12.1 Å². The molecule has 2 aromatic rings. The molecule has 1 amide bonds. The van der Waals surface area contributed by atoms with Crippen molar-refractivity contribution in [1.29, 1.82) is 0 Å². The number of para-hydroxylation sites is 1. The van der Waals surface area contributed by atoms with E-state index in [9.17, 15) is 4.79 Å². The van der Waals surface area contributed by atoms with Gasteiger partial charge in [-0.1, -0.05) is 31.2 Å². The van der Waals surface area contributed by atoms with Crippen LogP contribution in [0, 0.1) is 0 Å². The fraction of sp³-hybridized carbons (Fsp3) is 0.267. The molecule has 1 heterocycles. The summed E-state index contributed by atoms with van der Waals surface area (Å²) < 4.78 is 0. The maximum absolute atomic E-state index is 11.9. The second kappa shape index (κ2) is 8.61. The standard InChI is InChI=1S/C15H18N2OS.ClH/c1-2-13(14-9-6-10-19-14)17-15(18)11-16-12-7-4-3-5-8-12;/h3-10,13,16H,2,11H2,1H3,(H,17,18);1H. The highest BCUT2D eigenvalue weighted by Crippen LogP contribution is 2.21. The predicted octanol–water partition coefficient (Wildman–Crippen LogP) is 3.85. The Kier molecular flexibility index (Phi) is 7.12. The number of benzene rings is 1. The van der Waals surface area contributed by atoms with Gasteiger partial charge >= 0.3 is 0 Å². The summed E-state index contributed by atoms with van der Waals surface area (Å²) in [5, 5.41) is 8.19. The van der Waals surface area contributed by atoms with Crippen molar-refractivity contribution in [2.45, 2.75) is 19.4 Å². The summed E-state index contributed by atoms with van der Waals surface area (Å²) >= 11 is 1.68. The van der Waals surface area contributed by atoms with Crippen molar-refractivity contribution >= 4 is 35.3 Å². The summed E-state index contributed by atoms with van der Waals surface area (Å²) in [5.74, 6) is 0.0177. The summed E-state index contributed by atoms with van der Waals surface area (Å²) in [7, 11) is 0. The van der Waals surface area contributed by atoms with Crippen LogP contribution < -0.4 is 10.6 Å². The van der Waals surface area contributed by atoms with Crippen LogP contribution in [0.3, 0.4) is 0 Å². The van der Waals surface area contributed by atoms with E-state index >= 15 is 0 Å². The minimum absolute atomic E-state index is 0. The normalized spacial score (nSPS) is 11.2. The Bertz CT molecular complexity index is 502. The third kappa shape index (κ3) is 4.87. The van der Waals surface area contributed by atoms with Crippen molar-refractivity contribution in [2.24, 2.45) is 0 Å². The van der Waals surface area contributed by atoms with Gasteiger partial charge < -0.3 is 10.6 Å². The smallest absolute Gasteiger partial charge is 0.239 e. The summed E-state index contributed by atoms with van der Waals surface area (Å²) in [6.45, 7) is 2.38. The molecule has 1 aromatic carbocycles. The second-order valence-corrected chi connectivity index (χ2v) is 5.24. The van der Waals surface area contributed by atoms with Crippen molar-refractivity contribution in [1.82, 2.24) is 5.32 Å². The monoisotopic (exact) mass is 310 g/mol. The lowest BCUT2D eigenvalue weighted by Crippen LogP contribution is -2.32. The molecule has 0 fully saturated rings. The number of nitrogens with one attached hydrogen (secondary N) is 2. The average Bonchev–Trinajstić information content (AvgIpc) is 2.97. The molecule has 3 nitrogen and oxygen atoms in total. The molecule has 0 radical (unpaired) electrons. The zero-order chi connectivity index (χ0) is 13.5. The molecule has 20 heavy (non-hydrogen) atoms. The van der Waals surface area contributed by atoms with E-state index in [1.54, 1.807) is 11.3 Å². The zero-order valence-corrected chi connectivity index (χ0v) is 13.0. The lowest BCUT2D eigenvalue weighted by atomic mass is 10.2. The lowest BCUT2D eigenvalue weighted by molar-refractivity contribution is -0.120. The number of amides is 1. The molecule has 0 aliphatic heterocycles. The molecule has 5 heteroatoms. The van der Waals surface area contributed by atoms with Crippen LogP contribution in [0.5, 0.6) is 0 Å². The van der Waals surface area contributed by atoms with E-state index in [1.807, 2.05) is 41.8 Å². The SMILES string of the molecule is CCC(NC(=O)CNc1ccccc1)c1cccs1.Cl. The van der Waals surface area contributed by atoms with E-state index < -0.39 is 0 Å². The number of hydrogen-bond donors (Lipinski definition) is 2. The van der Waals surface area contributed by atoms with Crippen LogP contribution in [0.1, 0.15) is 24.3 Å². The molecule has 108 valence electrons. The highest BCUT2D eigenvalue weighted by Gasteiger charge is 2.12. The molecule has 1 atom stereocenters. The summed E-state index contributed by atoms with van der Waals surface area (Å²) in [6, 6.07) is 13.9. The van der Waals surface area contributed by atoms with Gasteiger partial charge in [0.05, 0.1) is 12.6 Å². The number of rotatable bonds is 6. The van der Waals surface area contributed by atoms with E-state index in [-0.39, 0.29) is 24.4 Å². The third-order valence-corrected chi connectivity index (χ3v) is 3.84. The molecule has 0 saturated carbocycles. The first-order chi connectivity index (χ1) is 9.29. The molecule has 2 N–H and O–H groups in total. The molecule has 1 aromatic heterocycles. The van der Waals surface area contributed by atoms with Gasteiger partial charge in [0.1, 0.15) is 0 Å². The summed E-state index contributed by atoms with van der Waals surface area (Å²) in [5.41, 5.74) is 0.960. The van der Waals surface area contributed by atoms with Crippen LogP contribution in [0.15, 0.2) is 47.8 Å². The van der Waals surface area contributed by atoms with Gasteiger partial charge in [-0.05, 0) is 30.0 Å². The van der Waals surface area contributed by atoms with Gasteiger partial charge in [0.15, 0.2) is 0 Å². The largest absolute Gasteiger partial charge is 0.376 e. The topological polar surface area (TPSA) is 41.1 Å².